The quantitative estimate of drug-likeness (QED) is 0.491. The number of benzene rings is 1. The van der Waals surface area contributed by atoms with Gasteiger partial charge in [-0.15, -0.1) is 5.56 Å². The van der Waals surface area contributed by atoms with Crippen molar-refractivity contribution >= 4 is 34.8 Å². The van der Waals surface area contributed by atoms with Crippen molar-refractivity contribution in [1.82, 2.24) is 4.90 Å². The average Bonchev–Trinajstić information content (AvgIpc) is 2.21. The third-order valence-electron chi connectivity index (χ3n) is 2.30. The first-order chi connectivity index (χ1) is 6.45. The number of hydrogen-bond donors (Lipinski definition) is 0. The van der Waals surface area contributed by atoms with Crippen LogP contribution in [0.3, 0.4) is 0 Å². The molecule has 0 aliphatic carbocycles. The molecule has 0 radical (unpaired) electrons. The Morgan fingerprint density at radius 3 is 2.40 bits per heavy atom. The van der Waals surface area contributed by atoms with Crippen LogP contribution in [0.5, 0.6) is 0 Å². The molecule has 0 unspecified atom stereocenters. The van der Waals surface area contributed by atoms with Gasteiger partial charge in [0.05, 0.1) is 0 Å². The molecule has 1 fully saturated rings. The second-order valence-corrected chi connectivity index (χ2v) is 4.52. The van der Waals surface area contributed by atoms with Gasteiger partial charge in [-0.05, 0) is 0 Å². The maximum absolute atomic E-state index is 3.05. The maximum Gasteiger partial charge on any atom is 2.00 e. The summed E-state index contributed by atoms with van der Waals surface area (Å²) in [5, 5.41) is 0. The Kier molecular flexibility index (Phi) is 9.33. The van der Waals surface area contributed by atoms with Gasteiger partial charge in [0.15, 0.2) is 0 Å². The molecule has 1 heterocycles. The molecular weight excluding hydrogens is 282 g/mol. The number of rotatable bonds is 2. The zero-order valence-electron chi connectivity index (χ0n) is 8.79. The predicted molar refractivity (Wildman–Crippen MR) is 63.6 cm³/mol. The fourth-order valence-electron chi connectivity index (χ4n) is 1.54. The van der Waals surface area contributed by atoms with E-state index in [9.17, 15) is 0 Å². The van der Waals surface area contributed by atoms with E-state index in [1.807, 2.05) is 12.1 Å². The summed E-state index contributed by atoms with van der Waals surface area (Å²) in [4.78, 5) is 2.52. The Morgan fingerprint density at radius 2 is 1.80 bits per heavy atom. The minimum Gasteiger partial charge on any atom is -1.00 e. The van der Waals surface area contributed by atoms with Crippen LogP contribution in [0.1, 0.15) is 5.56 Å². The smallest absolute Gasteiger partial charge is 1.00 e. The average molecular weight is 297 g/mol. The third kappa shape index (κ3) is 5.59. The van der Waals surface area contributed by atoms with Crippen LogP contribution in [-0.2, 0) is 6.54 Å². The van der Waals surface area contributed by atoms with E-state index in [2.05, 4.69) is 34.9 Å². The summed E-state index contributed by atoms with van der Waals surface area (Å²) in [6.07, 6.45) is 0. The van der Waals surface area contributed by atoms with Crippen molar-refractivity contribution in [3.8, 4) is 0 Å². The molecule has 0 saturated carbocycles. The van der Waals surface area contributed by atoms with Crippen LogP contribution in [0, 0.1) is 6.07 Å². The third-order valence-corrected chi connectivity index (χ3v) is 3.24. The molecular formula is C11H14BrMgNS. The Bertz CT molecular complexity index is 252. The van der Waals surface area contributed by atoms with Gasteiger partial charge >= 0.3 is 23.1 Å². The van der Waals surface area contributed by atoms with Gasteiger partial charge in [0.2, 0.25) is 0 Å². The SMILES string of the molecule is [Br-].[Mg+2].[c-]1ccc(CN2CCSCC2)cc1. The van der Waals surface area contributed by atoms with Crippen molar-refractivity contribution in [3.05, 3.63) is 35.9 Å². The van der Waals surface area contributed by atoms with Crippen molar-refractivity contribution < 1.29 is 17.0 Å². The van der Waals surface area contributed by atoms with E-state index >= 15 is 0 Å². The molecule has 2 rings (SSSR count). The van der Waals surface area contributed by atoms with Crippen molar-refractivity contribution in [1.29, 1.82) is 0 Å². The molecule has 4 heteroatoms. The van der Waals surface area contributed by atoms with Crippen LogP contribution in [0.15, 0.2) is 24.3 Å². The topological polar surface area (TPSA) is 3.24 Å². The van der Waals surface area contributed by atoms with E-state index in [0.717, 1.165) is 6.54 Å². The second kappa shape index (κ2) is 8.87. The van der Waals surface area contributed by atoms with Crippen molar-refractivity contribution in [2.75, 3.05) is 24.6 Å². The molecule has 0 atom stereocenters. The minimum absolute atomic E-state index is 0. The van der Waals surface area contributed by atoms with Crippen molar-refractivity contribution in [2.24, 2.45) is 0 Å². The van der Waals surface area contributed by atoms with Crippen molar-refractivity contribution in [2.45, 2.75) is 6.54 Å². The van der Waals surface area contributed by atoms with Crippen LogP contribution in [-0.4, -0.2) is 52.5 Å². The van der Waals surface area contributed by atoms with E-state index in [1.54, 1.807) is 0 Å². The Hall–Kier alpha value is 0.776. The molecule has 1 aromatic carbocycles. The van der Waals surface area contributed by atoms with Crippen molar-refractivity contribution in [3.63, 3.8) is 0 Å². The van der Waals surface area contributed by atoms with E-state index in [4.69, 9.17) is 0 Å². The van der Waals surface area contributed by atoms with Gasteiger partial charge in [-0.1, -0.05) is 0 Å². The molecule has 1 nitrogen and oxygen atoms in total. The number of nitrogens with zero attached hydrogens (tertiary/aromatic N) is 1. The number of halogens is 1. The molecule has 0 spiro atoms. The van der Waals surface area contributed by atoms with Crippen LogP contribution >= 0.6 is 11.8 Å². The van der Waals surface area contributed by atoms with Crippen LogP contribution < -0.4 is 17.0 Å². The summed E-state index contributed by atoms with van der Waals surface area (Å²) in [6.45, 7) is 3.59. The molecule has 15 heavy (non-hydrogen) atoms. The van der Waals surface area contributed by atoms with Crippen LogP contribution in [0.25, 0.3) is 0 Å². The first-order valence-electron chi connectivity index (χ1n) is 4.70. The predicted octanol–water partition coefficient (Wildman–Crippen LogP) is -1.34. The van der Waals surface area contributed by atoms with Crippen LogP contribution in [0.4, 0.5) is 0 Å². The summed E-state index contributed by atoms with van der Waals surface area (Å²) in [5.74, 6) is 2.58. The Labute approximate surface area is 123 Å². The molecule has 0 bridgehead atoms. The zero-order valence-corrected chi connectivity index (χ0v) is 12.6. The summed E-state index contributed by atoms with van der Waals surface area (Å²) < 4.78 is 0. The molecule has 1 saturated heterocycles. The van der Waals surface area contributed by atoms with Gasteiger partial charge < -0.3 is 17.0 Å². The van der Waals surface area contributed by atoms with Gasteiger partial charge in [-0.2, -0.15) is 42.1 Å². The normalized spacial score (nSPS) is 16.3. The molecule has 1 aliphatic heterocycles. The molecule has 0 aromatic heterocycles. The monoisotopic (exact) mass is 295 g/mol. The summed E-state index contributed by atoms with van der Waals surface area (Å²) in [6, 6.07) is 11.3. The molecule has 1 aromatic rings. The zero-order chi connectivity index (χ0) is 8.93. The largest absolute Gasteiger partial charge is 2.00 e. The van der Waals surface area contributed by atoms with Gasteiger partial charge in [0.1, 0.15) is 0 Å². The van der Waals surface area contributed by atoms with Gasteiger partial charge in [-0.3, -0.25) is 4.90 Å². The second-order valence-electron chi connectivity index (χ2n) is 3.30. The summed E-state index contributed by atoms with van der Waals surface area (Å²) in [5.41, 5.74) is 1.41. The molecule has 78 valence electrons. The standard InChI is InChI=1S/C11H14NS.BrH.Mg/c1-2-4-11(5-3-1)10-12-6-8-13-9-7-12;;/h2-5H,6-10H2;1H;/q-1;;+2/p-1. The molecule has 0 amide bonds. The van der Waals surface area contributed by atoms with E-state index in [-0.39, 0.29) is 40.0 Å². The van der Waals surface area contributed by atoms with Gasteiger partial charge in [0, 0.05) is 31.1 Å². The molecule has 0 N–H and O–H groups in total. The van der Waals surface area contributed by atoms with E-state index < -0.39 is 0 Å². The summed E-state index contributed by atoms with van der Waals surface area (Å²) >= 11 is 2.06. The summed E-state index contributed by atoms with van der Waals surface area (Å²) in [7, 11) is 0. The Morgan fingerprint density at radius 1 is 1.20 bits per heavy atom. The fraction of sp³-hybridized carbons (Fsp3) is 0.455. The van der Waals surface area contributed by atoms with Gasteiger partial charge in [-0.25, -0.2) is 0 Å². The fourth-order valence-corrected chi connectivity index (χ4v) is 2.52. The first kappa shape index (κ1) is 15.8. The molecule has 1 aliphatic rings. The van der Waals surface area contributed by atoms with E-state index in [0.29, 0.717) is 0 Å². The Balaban J connectivity index is 0.000000980. The first-order valence-corrected chi connectivity index (χ1v) is 5.86. The van der Waals surface area contributed by atoms with Crippen LogP contribution in [0.2, 0.25) is 0 Å². The number of thioether (sulfide) groups is 1. The van der Waals surface area contributed by atoms with E-state index in [1.165, 1.54) is 30.2 Å². The minimum atomic E-state index is 0. The van der Waals surface area contributed by atoms with Gasteiger partial charge in [0.25, 0.3) is 0 Å². The maximum atomic E-state index is 3.05. The number of hydrogen-bond acceptors (Lipinski definition) is 2.